The Kier molecular flexibility index (Phi) is 5.83. The lowest BCUT2D eigenvalue weighted by molar-refractivity contribution is 0.354. The summed E-state index contributed by atoms with van der Waals surface area (Å²) in [6.07, 6.45) is 1.63. The maximum absolute atomic E-state index is 9.31. The normalized spacial score (nSPS) is 13.6. The number of aromatic nitrogens is 6. The monoisotopic (exact) mass is 541 g/mol. The molecule has 0 spiro atoms. The summed E-state index contributed by atoms with van der Waals surface area (Å²) in [5, 5.41) is 18.9. The van der Waals surface area contributed by atoms with Gasteiger partial charge in [-0.3, -0.25) is 0 Å². The number of para-hydroxylation sites is 1. The average molecular weight is 542 g/mol. The summed E-state index contributed by atoms with van der Waals surface area (Å²) >= 11 is 0. The van der Waals surface area contributed by atoms with E-state index in [4.69, 9.17) is 24.3 Å². The Balaban J connectivity index is 1.57. The van der Waals surface area contributed by atoms with Crippen LogP contribution in [-0.2, 0) is 6.42 Å². The third-order valence-electron chi connectivity index (χ3n) is 7.11. The third kappa shape index (κ3) is 3.94. The molecule has 1 atom stereocenters. The summed E-state index contributed by atoms with van der Waals surface area (Å²) in [5.74, 6) is 2.12. The highest BCUT2D eigenvalue weighted by Crippen LogP contribution is 2.52. The van der Waals surface area contributed by atoms with Gasteiger partial charge >= 0.3 is 0 Å². The first kappa shape index (κ1) is 24.4. The molecular formula is C31H23N7O3. The minimum atomic E-state index is -0.420. The number of rotatable bonds is 6. The number of hydrogen-bond donors (Lipinski definition) is 0. The molecule has 0 saturated carbocycles. The summed E-state index contributed by atoms with van der Waals surface area (Å²) in [4.78, 5) is 9.38. The van der Waals surface area contributed by atoms with Gasteiger partial charge in [0.1, 0.15) is 12.0 Å². The number of benzene rings is 3. The largest absolute Gasteiger partial charge is 0.493 e. The standard InChI is InChI=1S/C31H23N7O3/c1-39-22-14-13-20(17-23(22)40-2)25-26-28(19-9-5-3-6-10-19)36-38(21-11-7-4-8-12-21)31(26)41-30-27(25)29-34-24(15-16-32)35-37(29)18-33-30/h3-14,17-18,25H,15H2,1-2H3/t25-/m0/s1. The summed E-state index contributed by atoms with van der Waals surface area (Å²) in [6.45, 7) is 0. The molecule has 4 heterocycles. The van der Waals surface area contributed by atoms with Gasteiger partial charge in [0.05, 0.1) is 49.4 Å². The Bertz CT molecular complexity index is 1940. The Hall–Kier alpha value is -5.69. The summed E-state index contributed by atoms with van der Waals surface area (Å²) in [5.41, 5.74) is 5.56. The van der Waals surface area contributed by atoms with E-state index in [0.717, 1.165) is 28.1 Å². The van der Waals surface area contributed by atoms with Crippen molar-refractivity contribution in [1.82, 2.24) is 29.4 Å². The van der Waals surface area contributed by atoms with Gasteiger partial charge < -0.3 is 14.2 Å². The number of nitrogens with zero attached hydrogens (tertiary/aromatic N) is 7. The molecule has 1 aliphatic heterocycles. The topological polar surface area (TPSA) is 112 Å². The summed E-state index contributed by atoms with van der Waals surface area (Å²) < 4.78 is 21.2. The smallest absolute Gasteiger partial charge is 0.230 e. The third-order valence-corrected chi connectivity index (χ3v) is 7.11. The van der Waals surface area contributed by atoms with Gasteiger partial charge in [0.25, 0.3) is 0 Å². The number of nitriles is 1. The molecule has 6 aromatic rings. The van der Waals surface area contributed by atoms with E-state index in [-0.39, 0.29) is 6.42 Å². The van der Waals surface area contributed by atoms with Crippen molar-refractivity contribution in [3.63, 3.8) is 0 Å². The minimum Gasteiger partial charge on any atom is -0.493 e. The van der Waals surface area contributed by atoms with Crippen LogP contribution in [-0.4, -0.2) is 43.6 Å². The molecule has 10 heteroatoms. The van der Waals surface area contributed by atoms with Gasteiger partial charge in [-0.15, -0.1) is 5.10 Å². The van der Waals surface area contributed by atoms with Crippen molar-refractivity contribution in [3.05, 3.63) is 108 Å². The zero-order valence-electron chi connectivity index (χ0n) is 22.2. The van der Waals surface area contributed by atoms with E-state index in [1.807, 2.05) is 83.5 Å². The van der Waals surface area contributed by atoms with Crippen LogP contribution in [0, 0.1) is 11.3 Å². The van der Waals surface area contributed by atoms with Crippen LogP contribution in [0.2, 0.25) is 0 Å². The molecule has 0 fully saturated rings. The zero-order chi connectivity index (χ0) is 27.9. The lowest BCUT2D eigenvalue weighted by atomic mass is 9.83. The van der Waals surface area contributed by atoms with Crippen molar-refractivity contribution in [3.8, 4) is 46.3 Å². The quantitative estimate of drug-likeness (QED) is 0.277. The van der Waals surface area contributed by atoms with Gasteiger partial charge in [-0.2, -0.15) is 15.0 Å². The molecule has 0 saturated heterocycles. The first-order chi connectivity index (χ1) is 20.2. The van der Waals surface area contributed by atoms with Gasteiger partial charge in [0.2, 0.25) is 11.8 Å². The summed E-state index contributed by atoms with van der Waals surface area (Å²) in [6, 6.07) is 27.8. The van der Waals surface area contributed by atoms with Gasteiger partial charge in [-0.1, -0.05) is 54.6 Å². The van der Waals surface area contributed by atoms with Crippen LogP contribution in [0.15, 0.2) is 85.2 Å². The van der Waals surface area contributed by atoms with Crippen LogP contribution in [0.5, 0.6) is 23.3 Å². The van der Waals surface area contributed by atoms with E-state index in [9.17, 15) is 5.26 Å². The van der Waals surface area contributed by atoms with Gasteiger partial charge in [0, 0.05) is 5.56 Å². The molecule has 0 radical (unpaired) electrons. The van der Waals surface area contributed by atoms with Crippen LogP contribution in [0.25, 0.3) is 22.6 Å². The maximum Gasteiger partial charge on any atom is 0.230 e. The van der Waals surface area contributed by atoms with Crippen LogP contribution in [0.4, 0.5) is 0 Å². The molecular weight excluding hydrogens is 518 g/mol. The molecule has 7 rings (SSSR count). The predicted molar refractivity (Wildman–Crippen MR) is 150 cm³/mol. The maximum atomic E-state index is 9.31. The van der Waals surface area contributed by atoms with E-state index in [0.29, 0.717) is 40.3 Å². The summed E-state index contributed by atoms with van der Waals surface area (Å²) in [7, 11) is 3.22. The van der Waals surface area contributed by atoms with E-state index in [1.165, 1.54) is 0 Å². The van der Waals surface area contributed by atoms with Gasteiger partial charge in [-0.25, -0.2) is 14.5 Å². The van der Waals surface area contributed by atoms with Gasteiger partial charge in [0.15, 0.2) is 23.0 Å². The lowest BCUT2D eigenvalue weighted by Crippen LogP contribution is -2.16. The van der Waals surface area contributed by atoms with Crippen LogP contribution >= 0.6 is 0 Å². The zero-order valence-corrected chi connectivity index (χ0v) is 22.2. The van der Waals surface area contributed by atoms with Crippen LogP contribution < -0.4 is 14.2 Å². The SMILES string of the molecule is COc1ccc([C@H]2c3c(-c4ccccc4)nn(-c4ccccc4)c3Oc3ncn4nc(CC#N)nc4c32)cc1OC. The molecule has 1 aliphatic rings. The van der Waals surface area contributed by atoms with E-state index in [2.05, 4.69) is 16.2 Å². The molecule has 0 aliphatic carbocycles. The van der Waals surface area contributed by atoms with Crippen molar-refractivity contribution in [1.29, 1.82) is 5.26 Å². The molecule has 3 aromatic carbocycles. The highest BCUT2D eigenvalue weighted by molar-refractivity contribution is 5.75. The van der Waals surface area contributed by atoms with E-state index < -0.39 is 5.92 Å². The van der Waals surface area contributed by atoms with E-state index in [1.54, 1.807) is 25.1 Å². The van der Waals surface area contributed by atoms with Gasteiger partial charge in [-0.05, 0) is 29.8 Å². The first-order valence-electron chi connectivity index (χ1n) is 12.9. The molecule has 3 aromatic heterocycles. The average Bonchev–Trinajstić information content (AvgIpc) is 3.62. The van der Waals surface area contributed by atoms with Crippen molar-refractivity contribution in [2.75, 3.05) is 14.2 Å². The number of hydrogen-bond acceptors (Lipinski definition) is 8. The Morgan fingerprint density at radius 1 is 0.902 bits per heavy atom. The molecule has 0 unspecified atom stereocenters. The highest BCUT2D eigenvalue weighted by Gasteiger charge is 2.39. The van der Waals surface area contributed by atoms with E-state index >= 15 is 0 Å². The Labute approximate surface area is 235 Å². The molecule has 41 heavy (non-hydrogen) atoms. The predicted octanol–water partition coefficient (Wildman–Crippen LogP) is 5.35. The minimum absolute atomic E-state index is 0.0742. The van der Waals surface area contributed by atoms with Crippen LogP contribution in [0.3, 0.4) is 0 Å². The first-order valence-corrected chi connectivity index (χ1v) is 12.9. The van der Waals surface area contributed by atoms with Crippen molar-refractivity contribution in [2.45, 2.75) is 12.3 Å². The number of methoxy groups -OCH3 is 2. The second kappa shape index (κ2) is 9.81. The van der Waals surface area contributed by atoms with Crippen molar-refractivity contribution >= 4 is 5.65 Å². The van der Waals surface area contributed by atoms with Crippen molar-refractivity contribution in [2.24, 2.45) is 0 Å². The molecule has 200 valence electrons. The van der Waals surface area contributed by atoms with Crippen molar-refractivity contribution < 1.29 is 14.2 Å². The van der Waals surface area contributed by atoms with Crippen LogP contribution in [0.1, 0.15) is 28.4 Å². The Morgan fingerprint density at radius 2 is 1.66 bits per heavy atom. The second-order valence-corrected chi connectivity index (χ2v) is 9.42. The number of fused-ring (bicyclic) bond motifs is 4. The fourth-order valence-corrected chi connectivity index (χ4v) is 5.31. The fraction of sp³-hybridized carbons (Fsp3) is 0.129. The molecule has 0 bridgehead atoms. The fourth-order valence-electron chi connectivity index (χ4n) is 5.31. The Morgan fingerprint density at radius 3 is 2.39 bits per heavy atom. The highest BCUT2D eigenvalue weighted by atomic mass is 16.5. The number of ether oxygens (including phenoxy) is 3. The molecule has 10 nitrogen and oxygen atoms in total. The lowest BCUT2D eigenvalue weighted by Gasteiger charge is -2.27. The second-order valence-electron chi connectivity index (χ2n) is 9.42. The molecule has 0 amide bonds. The molecule has 0 N–H and O–H groups in total.